The summed E-state index contributed by atoms with van der Waals surface area (Å²) in [6, 6.07) is 23.7. The van der Waals surface area contributed by atoms with Gasteiger partial charge in [0, 0.05) is 46.4 Å². The molecule has 1 aromatic heterocycles. The Morgan fingerprint density at radius 3 is 2.43 bits per heavy atom. The van der Waals surface area contributed by atoms with Gasteiger partial charge in [0.25, 0.3) is 5.69 Å². The molecule has 28 heavy (non-hydrogen) atoms. The third-order valence-electron chi connectivity index (χ3n) is 4.90. The first-order valence-electron chi connectivity index (χ1n) is 9.10. The van der Waals surface area contributed by atoms with E-state index < -0.39 is 0 Å². The van der Waals surface area contributed by atoms with Crippen LogP contribution in [-0.4, -0.2) is 9.49 Å². The van der Waals surface area contributed by atoms with Crippen molar-refractivity contribution >= 4 is 28.4 Å². The predicted molar refractivity (Wildman–Crippen MR) is 115 cm³/mol. The maximum Gasteiger partial charge on any atom is 0.269 e. The molecule has 0 bridgehead atoms. The second-order valence-corrected chi connectivity index (χ2v) is 7.79. The Kier molecular flexibility index (Phi) is 5.17. The summed E-state index contributed by atoms with van der Waals surface area (Å²) >= 11 is 1.84. The number of non-ortho nitro benzene ring substituents is 1. The van der Waals surface area contributed by atoms with Crippen LogP contribution in [0, 0.1) is 17.0 Å². The highest BCUT2D eigenvalue weighted by molar-refractivity contribution is 7.98. The fourth-order valence-electron chi connectivity index (χ4n) is 3.31. The van der Waals surface area contributed by atoms with Gasteiger partial charge in [-0.2, -0.15) is 0 Å². The zero-order valence-corrected chi connectivity index (χ0v) is 16.4. The zero-order chi connectivity index (χ0) is 19.5. The third-order valence-corrected chi connectivity index (χ3v) is 5.99. The van der Waals surface area contributed by atoms with E-state index in [9.17, 15) is 10.1 Å². The molecule has 0 unspecified atom stereocenters. The highest BCUT2D eigenvalue weighted by atomic mass is 32.2. The van der Waals surface area contributed by atoms with Crippen LogP contribution in [0.2, 0.25) is 0 Å². The molecule has 0 spiro atoms. The van der Waals surface area contributed by atoms with Crippen molar-refractivity contribution in [2.24, 2.45) is 0 Å². The molecular formula is C23H20N2O2S. The van der Waals surface area contributed by atoms with E-state index in [0.29, 0.717) is 6.54 Å². The molecule has 0 saturated carbocycles. The first kappa shape index (κ1) is 18.3. The van der Waals surface area contributed by atoms with Crippen molar-refractivity contribution in [1.82, 2.24) is 4.57 Å². The number of nitro groups is 1. The second-order valence-electron chi connectivity index (χ2n) is 6.78. The molecule has 4 nitrogen and oxygen atoms in total. The number of para-hydroxylation sites is 1. The lowest BCUT2D eigenvalue weighted by molar-refractivity contribution is -0.384. The average molecular weight is 388 g/mol. The number of nitro benzene ring substituents is 1. The molecule has 5 heteroatoms. The summed E-state index contributed by atoms with van der Waals surface area (Å²) in [4.78, 5) is 11.7. The number of aryl methyl sites for hydroxylation is 1. The van der Waals surface area contributed by atoms with Gasteiger partial charge in [-0.05, 0) is 29.7 Å². The summed E-state index contributed by atoms with van der Waals surface area (Å²) in [6.07, 6.45) is 2.19. The molecule has 4 aromatic rings. The quantitative estimate of drug-likeness (QED) is 0.224. The third kappa shape index (κ3) is 3.80. The molecule has 0 N–H and O–H groups in total. The molecule has 0 radical (unpaired) electrons. The van der Waals surface area contributed by atoms with Crippen LogP contribution in [0.1, 0.15) is 16.7 Å². The van der Waals surface area contributed by atoms with Crippen LogP contribution in [0.5, 0.6) is 0 Å². The predicted octanol–water partition coefficient (Wildman–Crippen LogP) is 6.20. The van der Waals surface area contributed by atoms with Crippen molar-refractivity contribution in [3.63, 3.8) is 0 Å². The lowest BCUT2D eigenvalue weighted by Crippen LogP contribution is -1.98. The highest BCUT2D eigenvalue weighted by Crippen LogP contribution is 2.33. The Morgan fingerprint density at radius 1 is 0.964 bits per heavy atom. The van der Waals surface area contributed by atoms with Crippen molar-refractivity contribution in [2.75, 3.05) is 0 Å². The number of fused-ring (bicyclic) bond motifs is 1. The first-order valence-corrected chi connectivity index (χ1v) is 10.1. The summed E-state index contributed by atoms with van der Waals surface area (Å²) < 4.78 is 2.22. The minimum absolute atomic E-state index is 0.121. The van der Waals surface area contributed by atoms with E-state index >= 15 is 0 Å². The lowest BCUT2D eigenvalue weighted by Gasteiger charge is -2.05. The summed E-state index contributed by atoms with van der Waals surface area (Å²) in [5.74, 6) is 0.929. The summed E-state index contributed by atoms with van der Waals surface area (Å²) in [7, 11) is 0. The van der Waals surface area contributed by atoms with Crippen LogP contribution < -0.4 is 0 Å². The van der Waals surface area contributed by atoms with Crippen molar-refractivity contribution in [1.29, 1.82) is 0 Å². The van der Waals surface area contributed by atoms with Crippen LogP contribution in [0.4, 0.5) is 5.69 Å². The first-order chi connectivity index (χ1) is 13.6. The van der Waals surface area contributed by atoms with Crippen molar-refractivity contribution in [3.05, 3.63) is 106 Å². The van der Waals surface area contributed by atoms with Gasteiger partial charge in [0.05, 0.1) is 4.92 Å². The highest BCUT2D eigenvalue weighted by Gasteiger charge is 2.11. The van der Waals surface area contributed by atoms with Gasteiger partial charge in [-0.3, -0.25) is 10.1 Å². The Hall–Kier alpha value is -3.05. The molecule has 0 atom stereocenters. The molecule has 0 aliphatic heterocycles. The number of thioether (sulfide) groups is 1. The van der Waals surface area contributed by atoms with Crippen LogP contribution in [0.15, 0.2) is 83.9 Å². The van der Waals surface area contributed by atoms with E-state index in [1.54, 1.807) is 12.1 Å². The molecule has 3 aromatic carbocycles. The fraction of sp³-hybridized carbons (Fsp3) is 0.130. The van der Waals surface area contributed by atoms with Gasteiger partial charge in [0.1, 0.15) is 0 Å². The van der Waals surface area contributed by atoms with Crippen LogP contribution in [-0.2, 0) is 12.3 Å². The largest absolute Gasteiger partial charge is 0.342 e. The van der Waals surface area contributed by atoms with Crippen LogP contribution in [0.3, 0.4) is 0 Å². The Labute approximate surface area is 168 Å². The van der Waals surface area contributed by atoms with E-state index in [-0.39, 0.29) is 10.6 Å². The van der Waals surface area contributed by atoms with E-state index in [0.717, 1.165) is 11.3 Å². The summed E-state index contributed by atoms with van der Waals surface area (Å²) in [5, 5.41) is 12.1. The minimum atomic E-state index is -0.366. The van der Waals surface area contributed by atoms with Crippen LogP contribution in [0.25, 0.3) is 10.9 Å². The molecular weight excluding hydrogens is 368 g/mol. The zero-order valence-electron chi connectivity index (χ0n) is 15.5. The Bertz CT molecular complexity index is 1130. The number of aromatic nitrogens is 1. The number of hydrogen-bond donors (Lipinski definition) is 0. The molecule has 0 saturated heterocycles. The Balaban J connectivity index is 1.61. The molecule has 4 rings (SSSR count). The lowest BCUT2D eigenvalue weighted by atomic mass is 10.1. The van der Waals surface area contributed by atoms with Crippen molar-refractivity contribution < 1.29 is 4.92 Å². The number of nitrogens with zero attached hydrogens (tertiary/aromatic N) is 2. The SMILES string of the molecule is Cc1ccccc1CSc1cn(Cc2ccc([N+](=O)[O-])cc2)c2ccccc12. The van der Waals surface area contributed by atoms with Gasteiger partial charge in [-0.15, -0.1) is 11.8 Å². The minimum Gasteiger partial charge on any atom is -0.342 e. The standard InChI is InChI=1S/C23H20N2O2S/c1-17-6-2-3-7-19(17)16-28-23-15-24(22-9-5-4-8-21(22)23)14-18-10-12-20(13-11-18)25(26)27/h2-13,15H,14,16H2,1H3. The molecule has 0 amide bonds. The topological polar surface area (TPSA) is 48.1 Å². The summed E-state index contributed by atoms with van der Waals surface area (Å²) in [6.45, 7) is 2.83. The van der Waals surface area contributed by atoms with Gasteiger partial charge in [0.15, 0.2) is 0 Å². The van der Waals surface area contributed by atoms with Gasteiger partial charge < -0.3 is 4.57 Å². The van der Waals surface area contributed by atoms with Gasteiger partial charge in [-0.1, -0.05) is 54.6 Å². The molecule has 1 heterocycles. The summed E-state index contributed by atoms with van der Waals surface area (Å²) in [5.41, 5.74) is 5.00. The Morgan fingerprint density at radius 2 is 1.68 bits per heavy atom. The van der Waals surface area contributed by atoms with Gasteiger partial charge in [-0.25, -0.2) is 0 Å². The van der Waals surface area contributed by atoms with E-state index in [4.69, 9.17) is 0 Å². The smallest absolute Gasteiger partial charge is 0.269 e. The van der Waals surface area contributed by atoms with E-state index in [1.807, 2.05) is 30.0 Å². The fourth-order valence-corrected chi connectivity index (χ4v) is 4.47. The normalized spacial score (nSPS) is 11.0. The average Bonchev–Trinajstić information content (AvgIpc) is 3.05. The maximum absolute atomic E-state index is 10.9. The molecule has 140 valence electrons. The monoisotopic (exact) mass is 388 g/mol. The molecule has 0 fully saturated rings. The van der Waals surface area contributed by atoms with Crippen molar-refractivity contribution in [3.8, 4) is 0 Å². The molecule has 0 aliphatic rings. The van der Waals surface area contributed by atoms with E-state index in [1.165, 1.54) is 26.9 Å². The van der Waals surface area contributed by atoms with Crippen LogP contribution >= 0.6 is 11.8 Å². The number of benzene rings is 3. The second kappa shape index (κ2) is 7.90. The van der Waals surface area contributed by atoms with Gasteiger partial charge in [0.2, 0.25) is 0 Å². The molecule has 0 aliphatic carbocycles. The number of hydrogen-bond acceptors (Lipinski definition) is 3. The van der Waals surface area contributed by atoms with Crippen molar-refractivity contribution in [2.45, 2.75) is 24.1 Å². The number of rotatable bonds is 6. The maximum atomic E-state index is 10.9. The van der Waals surface area contributed by atoms with E-state index in [2.05, 4.69) is 60.2 Å². The van der Waals surface area contributed by atoms with Gasteiger partial charge >= 0.3 is 0 Å².